The van der Waals surface area contributed by atoms with Crippen molar-refractivity contribution in [3.63, 3.8) is 0 Å². The quantitative estimate of drug-likeness (QED) is 0.715. The molecule has 2 aromatic rings. The van der Waals surface area contributed by atoms with Gasteiger partial charge in [-0.25, -0.2) is 0 Å². The van der Waals surface area contributed by atoms with Crippen LogP contribution in [-0.4, -0.2) is 25.4 Å². The van der Waals surface area contributed by atoms with E-state index < -0.39 is 0 Å². The van der Waals surface area contributed by atoms with Crippen LogP contribution in [0.3, 0.4) is 0 Å². The van der Waals surface area contributed by atoms with E-state index in [1.807, 2.05) is 29.6 Å². The first kappa shape index (κ1) is 17.9. The molecule has 0 heterocycles. The highest BCUT2D eigenvalue weighted by Crippen LogP contribution is 2.30. The monoisotopic (exact) mass is 356 g/mol. The first-order chi connectivity index (χ1) is 11.1. The van der Waals surface area contributed by atoms with Crippen molar-refractivity contribution in [2.24, 2.45) is 0 Å². The van der Waals surface area contributed by atoms with Crippen LogP contribution < -0.4 is 14.8 Å². The highest BCUT2D eigenvalue weighted by Gasteiger charge is 2.09. The molecule has 0 unspecified atom stereocenters. The maximum atomic E-state index is 8.81. The predicted molar refractivity (Wildman–Crippen MR) is 91.4 cm³/mol. The second-order valence-electron chi connectivity index (χ2n) is 5.01. The van der Waals surface area contributed by atoms with E-state index in [2.05, 4.69) is 0 Å². The largest absolute Gasteiger partial charge is 0.493 e. The Morgan fingerprint density at radius 2 is 1.91 bits per heavy atom. The molecular weight excluding hydrogens is 337 g/mol. The van der Waals surface area contributed by atoms with Gasteiger partial charge >= 0.3 is 0 Å². The Balaban J connectivity index is 2.04. The van der Waals surface area contributed by atoms with Gasteiger partial charge in [-0.05, 0) is 30.3 Å². The molecule has 0 aliphatic carbocycles. The lowest BCUT2D eigenvalue weighted by Gasteiger charge is -2.13. The van der Waals surface area contributed by atoms with Crippen LogP contribution >= 0.6 is 23.2 Å². The number of nitrogens with two attached hydrogens (primary N) is 1. The molecule has 0 bridgehead atoms. The van der Waals surface area contributed by atoms with E-state index in [4.69, 9.17) is 37.8 Å². The number of aliphatic hydroxyl groups is 1. The number of aliphatic hydroxyl groups excluding tert-OH is 1. The minimum absolute atomic E-state index is 0.167. The maximum Gasteiger partial charge on any atom is 0.161 e. The maximum absolute atomic E-state index is 8.81. The van der Waals surface area contributed by atoms with Crippen molar-refractivity contribution in [2.45, 2.75) is 13.2 Å². The smallest absolute Gasteiger partial charge is 0.161 e. The Kier molecular flexibility index (Phi) is 6.99. The number of ether oxygens (including phenoxy) is 2. The van der Waals surface area contributed by atoms with Crippen molar-refractivity contribution < 1.29 is 19.9 Å². The average molecular weight is 357 g/mol. The summed E-state index contributed by atoms with van der Waals surface area (Å²) in [6, 6.07) is 11.1. The zero-order valence-corrected chi connectivity index (χ0v) is 14.4. The van der Waals surface area contributed by atoms with E-state index in [-0.39, 0.29) is 6.61 Å². The van der Waals surface area contributed by atoms with Gasteiger partial charge in [-0.2, -0.15) is 0 Å². The van der Waals surface area contributed by atoms with Gasteiger partial charge in [0.2, 0.25) is 0 Å². The molecule has 0 aromatic heterocycles. The number of methoxy groups -OCH3 is 1. The van der Waals surface area contributed by atoms with Crippen molar-refractivity contribution in [3.8, 4) is 11.5 Å². The molecular formula is C17H20Cl2NO3+. The predicted octanol–water partition coefficient (Wildman–Crippen LogP) is 2.64. The lowest BCUT2D eigenvalue weighted by atomic mass is 10.2. The first-order valence-corrected chi connectivity index (χ1v) is 8.05. The van der Waals surface area contributed by atoms with Gasteiger partial charge in [0.25, 0.3) is 0 Å². The summed E-state index contributed by atoms with van der Waals surface area (Å²) < 4.78 is 11.2. The molecule has 0 saturated carbocycles. The van der Waals surface area contributed by atoms with Gasteiger partial charge in [-0.1, -0.05) is 29.3 Å². The molecule has 0 fully saturated rings. The van der Waals surface area contributed by atoms with Gasteiger partial charge in [0.05, 0.1) is 20.3 Å². The fourth-order valence-electron chi connectivity index (χ4n) is 2.11. The average Bonchev–Trinajstić information content (AvgIpc) is 2.55. The van der Waals surface area contributed by atoms with Crippen molar-refractivity contribution in [3.05, 3.63) is 57.6 Å². The summed E-state index contributed by atoms with van der Waals surface area (Å²) in [4.78, 5) is 0. The molecule has 0 aliphatic heterocycles. The van der Waals surface area contributed by atoms with Crippen molar-refractivity contribution in [1.82, 2.24) is 0 Å². The number of quaternary nitrogens is 1. The number of benzene rings is 2. The van der Waals surface area contributed by atoms with Gasteiger partial charge in [0, 0.05) is 21.2 Å². The zero-order valence-electron chi connectivity index (χ0n) is 12.9. The van der Waals surface area contributed by atoms with Crippen LogP contribution in [0.4, 0.5) is 0 Å². The second kappa shape index (κ2) is 8.99. The molecule has 2 rings (SSSR count). The van der Waals surface area contributed by atoms with Crippen LogP contribution in [0.5, 0.6) is 11.5 Å². The van der Waals surface area contributed by atoms with Crippen molar-refractivity contribution in [1.29, 1.82) is 0 Å². The SMILES string of the molecule is COc1cc(C[NH2+]CCO)ccc1OCc1ccc(Cl)cc1Cl. The summed E-state index contributed by atoms with van der Waals surface area (Å²) in [5, 5.41) is 12.0. The van der Waals surface area contributed by atoms with E-state index in [9.17, 15) is 0 Å². The van der Waals surface area contributed by atoms with E-state index in [0.717, 1.165) is 17.7 Å². The molecule has 0 spiro atoms. The summed E-state index contributed by atoms with van der Waals surface area (Å²) in [6.07, 6.45) is 0. The molecule has 124 valence electrons. The Morgan fingerprint density at radius 3 is 2.61 bits per heavy atom. The van der Waals surface area contributed by atoms with Gasteiger partial charge in [-0.3, -0.25) is 0 Å². The minimum Gasteiger partial charge on any atom is -0.493 e. The summed E-state index contributed by atoms with van der Waals surface area (Å²) in [6.45, 7) is 1.96. The van der Waals surface area contributed by atoms with Crippen LogP contribution in [0.15, 0.2) is 36.4 Å². The van der Waals surface area contributed by atoms with Crippen LogP contribution in [0.25, 0.3) is 0 Å². The molecule has 0 saturated heterocycles. The van der Waals surface area contributed by atoms with Gasteiger partial charge < -0.3 is 19.9 Å². The fourth-order valence-corrected chi connectivity index (χ4v) is 2.58. The molecule has 23 heavy (non-hydrogen) atoms. The van der Waals surface area contributed by atoms with Gasteiger partial charge in [0.15, 0.2) is 11.5 Å². The van der Waals surface area contributed by atoms with Crippen LogP contribution in [0, 0.1) is 0 Å². The summed E-state index contributed by atoms with van der Waals surface area (Å²) in [5.41, 5.74) is 1.96. The zero-order chi connectivity index (χ0) is 16.7. The number of halogens is 2. The fraction of sp³-hybridized carbons (Fsp3) is 0.294. The number of hydrogen-bond donors (Lipinski definition) is 2. The topological polar surface area (TPSA) is 55.3 Å². The summed E-state index contributed by atoms with van der Waals surface area (Å²) in [5.74, 6) is 1.33. The Labute approximate surface area is 145 Å². The standard InChI is InChI=1S/C17H19Cl2NO3/c1-22-17-8-12(10-20-6-7-21)2-5-16(17)23-11-13-3-4-14(18)9-15(13)19/h2-5,8-9,20-21H,6-7,10-11H2,1H3/p+1. The third-order valence-electron chi connectivity index (χ3n) is 3.34. The third kappa shape index (κ3) is 5.29. The molecule has 4 nitrogen and oxygen atoms in total. The number of rotatable bonds is 8. The normalized spacial score (nSPS) is 10.6. The molecule has 6 heteroatoms. The molecule has 0 radical (unpaired) electrons. The molecule has 2 aromatic carbocycles. The Hall–Kier alpha value is -1.46. The second-order valence-corrected chi connectivity index (χ2v) is 5.86. The highest BCUT2D eigenvalue weighted by atomic mass is 35.5. The first-order valence-electron chi connectivity index (χ1n) is 7.30. The van der Waals surface area contributed by atoms with E-state index in [1.54, 1.807) is 19.2 Å². The molecule has 0 atom stereocenters. The molecule has 3 N–H and O–H groups in total. The minimum atomic E-state index is 0.167. The van der Waals surface area contributed by atoms with Gasteiger partial charge in [0.1, 0.15) is 13.2 Å². The van der Waals surface area contributed by atoms with E-state index >= 15 is 0 Å². The number of hydrogen-bond acceptors (Lipinski definition) is 3. The van der Waals surface area contributed by atoms with E-state index in [0.29, 0.717) is 34.7 Å². The van der Waals surface area contributed by atoms with Crippen LogP contribution in [0.1, 0.15) is 11.1 Å². The van der Waals surface area contributed by atoms with Crippen LogP contribution in [-0.2, 0) is 13.2 Å². The van der Waals surface area contributed by atoms with E-state index in [1.165, 1.54) is 0 Å². The van der Waals surface area contributed by atoms with Crippen molar-refractivity contribution >= 4 is 23.2 Å². The summed E-state index contributed by atoms with van der Waals surface area (Å²) in [7, 11) is 1.61. The van der Waals surface area contributed by atoms with Crippen molar-refractivity contribution in [2.75, 3.05) is 20.3 Å². The highest BCUT2D eigenvalue weighted by molar-refractivity contribution is 6.35. The third-order valence-corrected chi connectivity index (χ3v) is 3.93. The Bertz CT molecular complexity index is 650. The molecule has 0 amide bonds. The lowest BCUT2D eigenvalue weighted by molar-refractivity contribution is -0.671. The van der Waals surface area contributed by atoms with Crippen LogP contribution in [0.2, 0.25) is 10.0 Å². The molecule has 0 aliphatic rings. The summed E-state index contributed by atoms with van der Waals surface area (Å²) >= 11 is 12.0. The Morgan fingerprint density at radius 1 is 1.09 bits per heavy atom. The van der Waals surface area contributed by atoms with Gasteiger partial charge in [-0.15, -0.1) is 0 Å². The lowest BCUT2D eigenvalue weighted by Crippen LogP contribution is -2.83.